The first-order valence-electron chi connectivity index (χ1n) is 8.91. The van der Waals surface area contributed by atoms with Crippen molar-refractivity contribution in [1.29, 1.82) is 0 Å². The van der Waals surface area contributed by atoms with Crippen molar-refractivity contribution in [1.82, 2.24) is 5.32 Å². The number of hydrogen-bond acceptors (Lipinski definition) is 1. The number of urea groups is 1. The number of anilines is 1. The van der Waals surface area contributed by atoms with Gasteiger partial charge in [-0.25, -0.2) is 4.79 Å². The van der Waals surface area contributed by atoms with Crippen molar-refractivity contribution in [2.75, 3.05) is 5.32 Å². The number of rotatable bonds is 4. The Morgan fingerprint density at radius 3 is 2.12 bits per heavy atom. The van der Waals surface area contributed by atoms with Crippen molar-refractivity contribution in [3.63, 3.8) is 0 Å². The van der Waals surface area contributed by atoms with Gasteiger partial charge in [-0.1, -0.05) is 61.2 Å². The van der Waals surface area contributed by atoms with E-state index >= 15 is 0 Å². The van der Waals surface area contributed by atoms with Gasteiger partial charge in [-0.15, -0.1) is 0 Å². The molecule has 2 N–H and O–H groups in total. The number of carbonyl (C=O) groups excluding carboxylic acids is 1. The lowest BCUT2D eigenvalue weighted by Gasteiger charge is -2.22. The average Bonchev–Trinajstić information content (AvgIpc) is 2.59. The molecule has 0 bridgehead atoms. The number of benzene rings is 2. The molecule has 0 aromatic heterocycles. The summed E-state index contributed by atoms with van der Waals surface area (Å²) >= 11 is 0. The second kappa shape index (κ2) is 8.00. The molecule has 0 unspecified atom stereocenters. The molecule has 2 aromatic rings. The van der Waals surface area contributed by atoms with E-state index in [9.17, 15) is 4.79 Å². The maximum atomic E-state index is 12.1. The highest BCUT2D eigenvalue weighted by molar-refractivity contribution is 5.89. The Morgan fingerprint density at radius 1 is 0.917 bits per heavy atom. The third-order valence-corrected chi connectivity index (χ3v) is 4.68. The number of carbonyl (C=O) groups is 1. The number of aryl methyl sites for hydroxylation is 1. The van der Waals surface area contributed by atoms with Gasteiger partial charge in [-0.05, 0) is 49.4 Å². The topological polar surface area (TPSA) is 41.1 Å². The van der Waals surface area contributed by atoms with Crippen LogP contribution in [0.3, 0.4) is 0 Å². The molecular formula is C21H26N2O. The molecule has 1 aliphatic rings. The van der Waals surface area contributed by atoms with Crippen molar-refractivity contribution < 1.29 is 4.79 Å². The standard InChI is InChI=1S/C21H26N2O/c1-16-7-9-17(10-8-16)15-18-11-13-20(14-12-18)23-21(24)22-19-5-3-2-4-6-19/h7-14,19H,2-6,15H2,1H3,(H2,22,23,24). The number of hydrogen-bond donors (Lipinski definition) is 2. The van der Waals surface area contributed by atoms with Gasteiger partial charge in [0.25, 0.3) is 0 Å². The molecule has 0 spiro atoms. The first-order valence-corrected chi connectivity index (χ1v) is 8.91. The third-order valence-electron chi connectivity index (χ3n) is 4.68. The van der Waals surface area contributed by atoms with Gasteiger partial charge in [0.15, 0.2) is 0 Å². The molecule has 0 radical (unpaired) electrons. The quantitative estimate of drug-likeness (QED) is 0.813. The van der Waals surface area contributed by atoms with Gasteiger partial charge in [0.1, 0.15) is 0 Å². The highest BCUT2D eigenvalue weighted by atomic mass is 16.2. The van der Waals surface area contributed by atoms with Crippen LogP contribution in [0.15, 0.2) is 48.5 Å². The van der Waals surface area contributed by atoms with Gasteiger partial charge in [0, 0.05) is 11.7 Å². The van der Waals surface area contributed by atoms with Crippen molar-refractivity contribution in [2.45, 2.75) is 51.5 Å². The van der Waals surface area contributed by atoms with E-state index in [2.05, 4.69) is 54.0 Å². The van der Waals surface area contributed by atoms with Crippen LogP contribution < -0.4 is 10.6 Å². The largest absolute Gasteiger partial charge is 0.335 e. The maximum Gasteiger partial charge on any atom is 0.319 e. The molecule has 0 atom stereocenters. The first kappa shape index (κ1) is 16.6. The molecule has 0 heterocycles. The van der Waals surface area contributed by atoms with Crippen molar-refractivity contribution in [3.8, 4) is 0 Å². The van der Waals surface area contributed by atoms with E-state index in [1.165, 1.54) is 36.0 Å². The molecule has 1 saturated carbocycles. The molecule has 2 aromatic carbocycles. The summed E-state index contributed by atoms with van der Waals surface area (Å²) in [5.74, 6) is 0. The minimum atomic E-state index is -0.0896. The van der Waals surface area contributed by atoms with Gasteiger partial charge in [-0.2, -0.15) is 0 Å². The van der Waals surface area contributed by atoms with E-state index < -0.39 is 0 Å². The zero-order chi connectivity index (χ0) is 16.8. The summed E-state index contributed by atoms with van der Waals surface area (Å²) in [6.45, 7) is 2.10. The fraction of sp³-hybridized carbons (Fsp3) is 0.381. The molecule has 3 heteroatoms. The first-order chi connectivity index (χ1) is 11.7. The number of nitrogens with one attached hydrogen (secondary N) is 2. The Labute approximate surface area is 144 Å². The summed E-state index contributed by atoms with van der Waals surface area (Å²) in [5, 5.41) is 6.01. The van der Waals surface area contributed by atoms with E-state index in [4.69, 9.17) is 0 Å². The second-order valence-corrected chi connectivity index (χ2v) is 6.79. The van der Waals surface area contributed by atoms with E-state index in [1.807, 2.05) is 12.1 Å². The van der Waals surface area contributed by atoms with Gasteiger partial charge in [0.05, 0.1) is 0 Å². The smallest absolute Gasteiger partial charge is 0.319 e. The summed E-state index contributed by atoms with van der Waals surface area (Å²) in [6.07, 6.45) is 6.85. The normalized spacial score (nSPS) is 15.0. The Kier molecular flexibility index (Phi) is 5.52. The lowest BCUT2D eigenvalue weighted by Crippen LogP contribution is -2.38. The third kappa shape index (κ3) is 4.85. The van der Waals surface area contributed by atoms with Crippen LogP contribution in [0.4, 0.5) is 10.5 Å². The molecule has 3 rings (SSSR count). The molecular weight excluding hydrogens is 296 g/mol. The summed E-state index contributed by atoms with van der Waals surface area (Å²) in [7, 11) is 0. The van der Waals surface area contributed by atoms with Crippen molar-refractivity contribution in [2.24, 2.45) is 0 Å². The molecule has 24 heavy (non-hydrogen) atoms. The predicted octanol–water partition coefficient (Wildman–Crippen LogP) is 5.04. The summed E-state index contributed by atoms with van der Waals surface area (Å²) in [4.78, 5) is 12.1. The van der Waals surface area contributed by atoms with E-state index in [0.29, 0.717) is 6.04 Å². The molecule has 0 aliphatic heterocycles. The van der Waals surface area contributed by atoms with Gasteiger partial charge in [-0.3, -0.25) is 0 Å². The van der Waals surface area contributed by atoms with Crippen molar-refractivity contribution in [3.05, 3.63) is 65.2 Å². The van der Waals surface area contributed by atoms with Crippen LogP contribution in [0, 0.1) is 6.92 Å². The Balaban J connectivity index is 1.52. The summed E-state index contributed by atoms with van der Waals surface area (Å²) < 4.78 is 0. The van der Waals surface area contributed by atoms with Gasteiger partial charge in [0.2, 0.25) is 0 Å². The zero-order valence-corrected chi connectivity index (χ0v) is 14.3. The fourth-order valence-corrected chi connectivity index (χ4v) is 3.25. The Bertz CT molecular complexity index is 655. The minimum Gasteiger partial charge on any atom is -0.335 e. The van der Waals surface area contributed by atoms with Crippen molar-refractivity contribution >= 4 is 11.7 Å². The highest BCUT2D eigenvalue weighted by Crippen LogP contribution is 2.18. The Morgan fingerprint density at radius 2 is 1.50 bits per heavy atom. The van der Waals surface area contributed by atoms with Gasteiger partial charge < -0.3 is 10.6 Å². The fourth-order valence-electron chi connectivity index (χ4n) is 3.25. The van der Waals surface area contributed by atoms with Crippen LogP contribution in [0.1, 0.15) is 48.8 Å². The predicted molar refractivity (Wildman–Crippen MR) is 99.5 cm³/mol. The highest BCUT2D eigenvalue weighted by Gasteiger charge is 2.15. The lowest BCUT2D eigenvalue weighted by molar-refractivity contribution is 0.244. The van der Waals surface area contributed by atoms with Crippen LogP contribution in [0.2, 0.25) is 0 Å². The average molecular weight is 322 g/mol. The van der Waals surface area contributed by atoms with Crippen LogP contribution in [0.5, 0.6) is 0 Å². The molecule has 3 nitrogen and oxygen atoms in total. The van der Waals surface area contributed by atoms with Crippen LogP contribution in [-0.2, 0) is 6.42 Å². The molecule has 1 fully saturated rings. The van der Waals surface area contributed by atoms with Gasteiger partial charge >= 0.3 is 6.03 Å². The lowest BCUT2D eigenvalue weighted by atomic mass is 9.96. The van der Waals surface area contributed by atoms with Crippen LogP contribution in [0.25, 0.3) is 0 Å². The molecule has 0 saturated heterocycles. The van der Waals surface area contributed by atoms with E-state index in [1.54, 1.807) is 0 Å². The second-order valence-electron chi connectivity index (χ2n) is 6.79. The molecule has 126 valence electrons. The molecule has 1 aliphatic carbocycles. The maximum absolute atomic E-state index is 12.1. The van der Waals surface area contributed by atoms with E-state index in [-0.39, 0.29) is 6.03 Å². The van der Waals surface area contributed by atoms with Crippen LogP contribution >= 0.6 is 0 Å². The summed E-state index contributed by atoms with van der Waals surface area (Å²) in [5.41, 5.74) is 4.67. The SMILES string of the molecule is Cc1ccc(Cc2ccc(NC(=O)NC3CCCCC3)cc2)cc1. The number of amides is 2. The monoisotopic (exact) mass is 322 g/mol. The molecule has 2 amide bonds. The summed E-state index contributed by atoms with van der Waals surface area (Å²) in [6, 6.07) is 17.0. The minimum absolute atomic E-state index is 0.0896. The Hall–Kier alpha value is -2.29. The zero-order valence-electron chi connectivity index (χ0n) is 14.3. The van der Waals surface area contributed by atoms with Crippen LogP contribution in [-0.4, -0.2) is 12.1 Å². The van der Waals surface area contributed by atoms with E-state index in [0.717, 1.165) is 24.9 Å².